The van der Waals surface area contributed by atoms with E-state index in [1.54, 1.807) is 18.3 Å². The Balaban J connectivity index is 2.10. The average molecular weight is 269 g/mol. The van der Waals surface area contributed by atoms with Crippen LogP contribution in [0.5, 0.6) is 0 Å². The van der Waals surface area contributed by atoms with E-state index in [1.165, 1.54) is 0 Å². The molecule has 2 rings (SSSR count). The van der Waals surface area contributed by atoms with Gasteiger partial charge in [-0.15, -0.1) is 0 Å². The minimum Gasteiger partial charge on any atom is -0.316 e. The third-order valence-corrected chi connectivity index (χ3v) is 4.65. The van der Waals surface area contributed by atoms with E-state index >= 15 is 0 Å². The van der Waals surface area contributed by atoms with Gasteiger partial charge in [0.15, 0.2) is 5.03 Å². The lowest BCUT2D eigenvalue weighted by Crippen LogP contribution is -2.29. The summed E-state index contributed by atoms with van der Waals surface area (Å²) in [5.41, 5.74) is 1.03. The van der Waals surface area contributed by atoms with Gasteiger partial charge < -0.3 is 5.32 Å². The van der Waals surface area contributed by atoms with Gasteiger partial charge in [-0.1, -0.05) is 19.9 Å². The zero-order valence-electron chi connectivity index (χ0n) is 10.9. The van der Waals surface area contributed by atoms with Crippen molar-refractivity contribution in [3.8, 4) is 0 Å². The normalized spacial score (nSPS) is 21.8. The highest BCUT2D eigenvalue weighted by Crippen LogP contribution is 2.45. The molecule has 0 radical (unpaired) electrons. The molecule has 1 heterocycles. The van der Waals surface area contributed by atoms with Crippen LogP contribution >= 0.6 is 0 Å². The van der Waals surface area contributed by atoms with Gasteiger partial charge in [0.2, 0.25) is 0 Å². The van der Waals surface area contributed by atoms with E-state index in [9.17, 15) is 8.42 Å². The van der Waals surface area contributed by atoms with Crippen LogP contribution < -0.4 is 10.0 Å². The molecule has 0 amide bonds. The van der Waals surface area contributed by atoms with Gasteiger partial charge in [-0.25, -0.2) is 18.1 Å². The maximum absolute atomic E-state index is 12.1. The SMILES string of the molecule is CNCc1ccc(S(=O)(=O)NC2CC2(C)C)nc1. The molecule has 2 N–H and O–H groups in total. The molecule has 6 heteroatoms. The van der Waals surface area contributed by atoms with Crippen LogP contribution in [0.4, 0.5) is 0 Å². The first-order valence-electron chi connectivity index (χ1n) is 5.97. The lowest BCUT2D eigenvalue weighted by Gasteiger charge is -2.08. The van der Waals surface area contributed by atoms with E-state index < -0.39 is 10.0 Å². The van der Waals surface area contributed by atoms with Crippen LogP contribution in [0, 0.1) is 5.41 Å². The molecule has 1 fully saturated rings. The summed E-state index contributed by atoms with van der Waals surface area (Å²) in [5.74, 6) is 0. The number of hydrogen-bond acceptors (Lipinski definition) is 4. The second-order valence-electron chi connectivity index (χ2n) is 5.40. The Hall–Kier alpha value is -0.980. The van der Waals surface area contributed by atoms with E-state index in [0.29, 0.717) is 6.54 Å². The molecule has 0 aromatic carbocycles. The summed E-state index contributed by atoms with van der Waals surface area (Å²) in [4.78, 5) is 4.01. The first kappa shape index (κ1) is 13.5. The second kappa shape index (κ2) is 4.60. The summed E-state index contributed by atoms with van der Waals surface area (Å²) in [6, 6.07) is 3.35. The fourth-order valence-electron chi connectivity index (χ4n) is 1.79. The summed E-state index contributed by atoms with van der Waals surface area (Å²) >= 11 is 0. The molecule has 5 nitrogen and oxygen atoms in total. The molecule has 18 heavy (non-hydrogen) atoms. The van der Waals surface area contributed by atoms with Gasteiger partial charge >= 0.3 is 0 Å². The van der Waals surface area contributed by atoms with Crippen molar-refractivity contribution in [1.29, 1.82) is 0 Å². The van der Waals surface area contributed by atoms with Crippen LogP contribution in [0.1, 0.15) is 25.8 Å². The van der Waals surface area contributed by atoms with Crippen molar-refractivity contribution in [2.45, 2.75) is 37.9 Å². The van der Waals surface area contributed by atoms with Crippen molar-refractivity contribution in [1.82, 2.24) is 15.0 Å². The number of rotatable bonds is 5. The third kappa shape index (κ3) is 2.88. The van der Waals surface area contributed by atoms with E-state index in [-0.39, 0.29) is 16.5 Å². The van der Waals surface area contributed by atoms with Crippen molar-refractivity contribution < 1.29 is 8.42 Å². The Labute approximate surface area is 108 Å². The van der Waals surface area contributed by atoms with E-state index in [0.717, 1.165) is 12.0 Å². The van der Waals surface area contributed by atoms with Gasteiger partial charge in [0.1, 0.15) is 0 Å². The van der Waals surface area contributed by atoms with Gasteiger partial charge in [0, 0.05) is 18.8 Å². The predicted octanol–water partition coefficient (Wildman–Crippen LogP) is 0.878. The topological polar surface area (TPSA) is 71.1 Å². The average Bonchev–Trinajstić information content (AvgIpc) is 2.86. The Morgan fingerprint density at radius 1 is 1.44 bits per heavy atom. The van der Waals surface area contributed by atoms with E-state index in [4.69, 9.17) is 0 Å². The maximum atomic E-state index is 12.1. The quantitative estimate of drug-likeness (QED) is 0.832. The molecule has 1 saturated carbocycles. The van der Waals surface area contributed by atoms with E-state index in [1.807, 2.05) is 20.9 Å². The smallest absolute Gasteiger partial charge is 0.258 e. The fraction of sp³-hybridized carbons (Fsp3) is 0.583. The molecule has 0 aliphatic heterocycles. The van der Waals surface area contributed by atoms with Gasteiger partial charge in [-0.3, -0.25) is 0 Å². The summed E-state index contributed by atoms with van der Waals surface area (Å²) < 4.78 is 26.8. The fourth-order valence-corrected chi connectivity index (χ4v) is 3.13. The Morgan fingerprint density at radius 3 is 2.56 bits per heavy atom. The van der Waals surface area contributed by atoms with Gasteiger partial charge in [-0.05, 0) is 30.5 Å². The molecule has 1 atom stereocenters. The van der Waals surface area contributed by atoms with E-state index in [2.05, 4.69) is 15.0 Å². The summed E-state index contributed by atoms with van der Waals surface area (Å²) in [6.07, 6.45) is 2.47. The highest BCUT2D eigenvalue weighted by Gasteiger charge is 2.48. The standard InChI is InChI=1S/C12H19N3O2S/c1-12(2)6-10(12)15-18(16,17)11-5-4-9(7-13-3)8-14-11/h4-5,8,10,13,15H,6-7H2,1-3H3. The van der Waals surface area contributed by atoms with Crippen LogP contribution in [0.25, 0.3) is 0 Å². The highest BCUT2D eigenvalue weighted by atomic mass is 32.2. The first-order chi connectivity index (χ1) is 8.35. The molecule has 1 aromatic heterocycles. The second-order valence-corrected chi connectivity index (χ2v) is 7.06. The Bertz CT molecular complexity index is 523. The summed E-state index contributed by atoms with van der Waals surface area (Å²) in [7, 11) is -1.65. The molecule has 1 aliphatic carbocycles. The van der Waals surface area contributed by atoms with Gasteiger partial charge in [0.25, 0.3) is 10.0 Å². The number of aromatic nitrogens is 1. The monoisotopic (exact) mass is 269 g/mol. The molecule has 100 valence electrons. The Kier molecular flexibility index (Phi) is 3.44. The predicted molar refractivity (Wildman–Crippen MR) is 69.5 cm³/mol. The largest absolute Gasteiger partial charge is 0.316 e. The molecule has 0 bridgehead atoms. The van der Waals surface area contributed by atoms with Crippen molar-refractivity contribution in [2.75, 3.05) is 7.05 Å². The number of pyridine rings is 1. The number of nitrogens with zero attached hydrogens (tertiary/aromatic N) is 1. The zero-order valence-corrected chi connectivity index (χ0v) is 11.7. The third-order valence-electron chi connectivity index (χ3n) is 3.26. The zero-order chi connectivity index (χ0) is 13.4. The molecule has 1 unspecified atom stereocenters. The van der Waals surface area contributed by atoms with Crippen LogP contribution in [0.15, 0.2) is 23.4 Å². The van der Waals surface area contributed by atoms with Crippen LogP contribution in [0.2, 0.25) is 0 Å². The molecule has 0 spiro atoms. The van der Waals surface area contributed by atoms with Crippen molar-refractivity contribution >= 4 is 10.0 Å². The van der Waals surface area contributed by atoms with Crippen molar-refractivity contribution in [3.63, 3.8) is 0 Å². The molecule has 0 saturated heterocycles. The van der Waals surface area contributed by atoms with Crippen LogP contribution in [-0.2, 0) is 16.6 Å². The minimum absolute atomic E-state index is 0.0290. The maximum Gasteiger partial charge on any atom is 0.258 e. The summed E-state index contributed by atoms with van der Waals surface area (Å²) in [5, 5.41) is 3.08. The molecule has 1 aromatic rings. The number of hydrogen-bond donors (Lipinski definition) is 2. The Morgan fingerprint density at radius 2 is 2.11 bits per heavy atom. The molecular weight excluding hydrogens is 250 g/mol. The molecule has 1 aliphatic rings. The summed E-state index contributed by atoms with van der Waals surface area (Å²) in [6.45, 7) is 4.77. The van der Waals surface area contributed by atoms with Crippen LogP contribution in [0.3, 0.4) is 0 Å². The van der Waals surface area contributed by atoms with Gasteiger partial charge in [0.05, 0.1) is 0 Å². The van der Waals surface area contributed by atoms with Crippen molar-refractivity contribution in [2.24, 2.45) is 5.41 Å². The van der Waals surface area contributed by atoms with Crippen molar-refractivity contribution in [3.05, 3.63) is 23.9 Å². The lowest BCUT2D eigenvalue weighted by molar-refractivity contribution is 0.552. The van der Waals surface area contributed by atoms with Crippen LogP contribution in [-0.4, -0.2) is 26.5 Å². The first-order valence-corrected chi connectivity index (χ1v) is 7.45. The highest BCUT2D eigenvalue weighted by molar-refractivity contribution is 7.89. The van der Waals surface area contributed by atoms with Gasteiger partial charge in [-0.2, -0.15) is 0 Å². The molecular formula is C12H19N3O2S. The number of nitrogens with one attached hydrogen (secondary N) is 2. The number of sulfonamides is 1. The lowest BCUT2D eigenvalue weighted by atomic mass is 10.2. The minimum atomic E-state index is -3.48.